The number of nitrogens with zero attached hydrogens (tertiary/aromatic N) is 1. The summed E-state index contributed by atoms with van der Waals surface area (Å²) < 4.78 is 40.9. The maximum absolute atomic E-state index is 13.1. The fourth-order valence-corrected chi connectivity index (χ4v) is 2.86. The Kier molecular flexibility index (Phi) is 4.18. The van der Waals surface area contributed by atoms with E-state index in [0.717, 1.165) is 0 Å². The summed E-state index contributed by atoms with van der Waals surface area (Å²) in [5, 5.41) is 18.5. The predicted molar refractivity (Wildman–Crippen MR) is 84.6 cm³/mol. The second-order valence-electron chi connectivity index (χ2n) is 5.06. The molecule has 6 nitrogen and oxygen atoms in total. The van der Waals surface area contributed by atoms with E-state index in [9.17, 15) is 17.9 Å². The van der Waals surface area contributed by atoms with E-state index in [-0.39, 0.29) is 23.1 Å². The van der Waals surface area contributed by atoms with Crippen molar-refractivity contribution in [1.82, 2.24) is 5.16 Å². The van der Waals surface area contributed by atoms with Crippen LogP contribution in [0.5, 0.6) is 0 Å². The fraction of sp³-hybridized carbons (Fsp3) is 0.0625. The van der Waals surface area contributed by atoms with E-state index >= 15 is 0 Å². The van der Waals surface area contributed by atoms with Gasteiger partial charge in [-0.05, 0) is 42.0 Å². The van der Waals surface area contributed by atoms with Gasteiger partial charge in [0.1, 0.15) is 18.1 Å². The SMILES string of the molecule is NS(=O)(=O)c1ccc(-c2c(-c3ccc([18F])cc3)noc2CO)cc1. The van der Waals surface area contributed by atoms with E-state index in [1.807, 2.05) is 0 Å². The molecule has 0 radical (unpaired) electrons. The minimum absolute atomic E-state index is 0.0309. The van der Waals surface area contributed by atoms with Crippen molar-refractivity contribution >= 4 is 10.0 Å². The molecule has 124 valence electrons. The maximum atomic E-state index is 13.1. The highest BCUT2D eigenvalue weighted by Crippen LogP contribution is 2.35. The molecule has 0 aliphatic carbocycles. The first kappa shape index (κ1) is 16.3. The van der Waals surface area contributed by atoms with E-state index in [4.69, 9.17) is 9.66 Å². The van der Waals surface area contributed by atoms with Crippen LogP contribution in [0, 0.1) is 5.82 Å². The van der Waals surface area contributed by atoms with Crippen molar-refractivity contribution in [1.29, 1.82) is 0 Å². The number of hydrogen-bond acceptors (Lipinski definition) is 5. The molecular weight excluding hydrogens is 334 g/mol. The molecule has 0 aliphatic rings. The third kappa shape index (κ3) is 3.07. The number of nitrogens with two attached hydrogens (primary N) is 1. The van der Waals surface area contributed by atoms with Crippen molar-refractivity contribution < 1.29 is 22.4 Å². The van der Waals surface area contributed by atoms with Crippen molar-refractivity contribution in [2.45, 2.75) is 11.5 Å². The Hall–Kier alpha value is -2.55. The van der Waals surface area contributed by atoms with Crippen LogP contribution < -0.4 is 5.14 Å². The molecule has 3 rings (SSSR count). The Morgan fingerprint density at radius 3 is 2.17 bits per heavy atom. The zero-order valence-corrected chi connectivity index (χ0v) is 13.1. The summed E-state index contributed by atoms with van der Waals surface area (Å²) in [7, 11) is -3.80. The summed E-state index contributed by atoms with van der Waals surface area (Å²) in [6.45, 7) is -0.388. The molecule has 0 fully saturated rings. The first-order valence-corrected chi connectivity index (χ1v) is 8.43. The molecular formula is C16H13FN2O4S. The summed E-state index contributed by atoms with van der Waals surface area (Å²) in [6.07, 6.45) is 0. The zero-order valence-electron chi connectivity index (χ0n) is 12.3. The lowest BCUT2D eigenvalue weighted by atomic mass is 9.99. The van der Waals surface area contributed by atoms with Gasteiger partial charge < -0.3 is 9.63 Å². The number of aliphatic hydroxyl groups excluding tert-OH is 1. The van der Waals surface area contributed by atoms with Gasteiger partial charge in [-0.15, -0.1) is 0 Å². The van der Waals surface area contributed by atoms with Crippen LogP contribution in [0.2, 0.25) is 0 Å². The van der Waals surface area contributed by atoms with Crippen LogP contribution in [0.25, 0.3) is 22.4 Å². The molecule has 3 aromatic rings. The monoisotopic (exact) mass is 347 g/mol. The van der Waals surface area contributed by atoms with Gasteiger partial charge in [-0.2, -0.15) is 0 Å². The molecule has 2 aromatic carbocycles. The van der Waals surface area contributed by atoms with E-state index in [2.05, 4.69) is 5.16 Å². The van der Waals surface area contributed by atoms with Gasteiger partial charge >= 0.3 is 0 Å². The first-order chi connectivity index (χ1) is 11.4. The van der Waals surface area contributed by atoms with Crippen LogP contribution in [-0.2, 0) is 16.6 Å². The summed E-state index contributed by atoms with van der Waals surface area (Å²) in [4.78, 5) is -0.0309. The molecule has 1 heterocycles. The van der Waals surface area contributed by atoms with Crippen LogP contribution in [0.15, 0.2) is 57.9 Å². The molecule has 0 aliphatic heterocycles. The molecule has 1 aromatic heterocycles. The molecule has 8 heteroatoms. The minimum Gasteiger partial charge on any atom is -0.388 e. The number of rotatable bonds is 4. The Balaban J connectivity index is 2.13. The normalized spacial score (nSPS) is 11.6. The van der Waals surface area contributed by atoms with E-state index in [0.29, 0.717) is 22.4 Å². The molecule has 0 saturated heterocycles. The van der Waals surface area contributed by atoms with Gasteiger partial charge in [0.05, 0.1) is 10.5 Å². The highest BCUT2D eigenvalue weighted by molar-refractivity contribution is 7.89. The van der Waals surface area contributed by atoms with Crippen molar-refractivity contribution in [3.05, 3.63) is 60.1 Å². The van der Waals surface area contributed by atoms with Gasteiger partial charge in [0.15, 0.2) is 5.76 Å². The summed E-state index contributed by atoms with van der Waals surface area (Å²) >= 11 is 0. The number of sulfonamides is 1. The number of aromatic nitrogens is 1. The topological polar surface area (TPSA) is 106 Å². The smallest absolute Gasteiger partial charge is 0.238 e. The fourth-order valence-electron chi connectivity index (χ4n) is 2.35. The molecule has 0 spiro atoms. The van der Waals surface area contributed by atoms with Crippen molar-refractivity contribution in [2.75, 3.05) is 0 Å². The third-order valence-corrected chi connectivity index (χ3v) is 4.42. The van der Waals surface area contributed by atoms with Crippen molar-refractivity contribution in [3.8, 4) is 22.4 Å². The zero-order chi connectivity index (χ0) is 17.3. The predicted octanol–water partition coefficient (Wildman–Crippen LogP) is 2.29. The van der Waals surface area contributed by atoms with Gasteiger partial charge in [0, 0.05) is 5.56 Å². The number of aliphatic hydroxyl groups is 1. The van der Waals surface area contributed by atoms with Crippen molar-refractivity contribution in [3.63, 3.8) is 0 Å². The van der Waals surface area contributed by atoms with Crippen LogP contribution in [0.3, 0.4) is 0 Å². The average molecular weight is 347 g/mol. The quantitative estimate of drug-likeness (QED) is 0.753. The van der Waals surface area contributed by atoms with Crippen LogP contribution in [-0.4, -0.2) is 18.7 Å². The van der Waals surface area contributed by atoms with Gasteiger partial charge in [-0.3, -0.25) is 0 Å². The Morgan fingerprint density at radius 1 is 1.04 bits per heavy atom. The van der Waals surface area contributed by atoms with Gasteiger partial charge in [-0.1, -0.05) is 17.3 Å². The standard InChI is InChI=1S/C16H13FN2O4S/c17-12-5-1-11(2-6-12)16-15(14(9-20)23-19-16)10-3-7-13(8-4-10)24(18,21)22/h1-8,20H,9H2,(H2,18,21,22)/i17-1. The van der Waals surface area contributed by atoms with Crippen LogP contribution in [0.1, 0.15) is 5.76 Å². The minimum atomic E-state index is -3.80. The number of benzene rings is 2. The van der Waals surface area contributed by atoms with Crippen LogP contribution >= 0.6 is 0 Å². The van der Waals surface area contributed by atoms with Crippen LogP contribution in [0.4, 0.5) is 4.39 Å². The molecule has 24 heavy (non-hydrogen) atoms. The second-order valence-corrected chi connectivity index (χ2v) is 6.63. The number of hydrogen-bond donors (Lipinski definition) is 2. The lowest BCUT2D eigenvalue weighted by Gasteiger charge is -2.05. The Labute approximate surface area is 137 Å². The third-order valence-electron chi connectivity index (χ3n) is 3.50. The lowest BCUT2D eigenvalue weighted by Crippen LogP contribution is -2.11. The van der Waals surface area contributed by atoms with Gasteiger partial charge in [-0.25, -0.2) is 17.9 Å². The van der Waals surface area contributed by atoms with E-state index in [1.54, 1.807) is 12.1 Å². The lowest BCUT2D eigenvalue weighted by molar-refractivity contribution is 0.230. The summed E-state index contributed by atoms with van der Waals surface area (Å²) in [5.74, 6) is -0.165. The van der Waals surface area contributed by atoms with E-state index in [1.165, 1.54) is 36.4 Å². The Morgan fingerprint density at radius 2 is 1.62 bits per heavy atom. The maximum Gasteiger partial charge on any atom is 0.238 e. The largest absolute Gasteiger partial charge is 0.388 e. The first-order valence-electron chi connectivity index (χ1n) is 6.88. The summed E-state index contributed by atoms with van der Waals surface area (Å²) in [5.41, 5.74) is 2.12. The highest BCUT2D eigenvalue weighted by atomic mass is 32.2. The van der Waals surface area contributed by atoms with Crippen molar-refractivity contribution in [2.24, 2.45) is 5.14 Å². The molecule has 0 saturated carbocycles. The second kappa shape index (κ2) is 6.16. The Bertz CT molecular complexity index is 964. The number of primary sulfonamides is 1. The summed E-state index contributed by atoms with van der Waals surface area (Å²) in [6, 6.07) is 11.4. The van der Waals surface area contributed by atoms with Gasteiger partial charge in [0.25, 0.3) is 0 Å². The van der Waals surface area contributed by atoms with E-state index < -0.39 is 10.0 Å². The molecule has 0 atom stereocenters. The molecule has 3 N–H and O–H groups in total. The van der Waals surface area contributed by atoms with Gasteiger partial charge in [0.2, 0.25) is 10.0 Å². The highest BCUT2D eigenvalue weighted by Gasteiger charge is 2.19. The molecule has 0 amide bonds. The number of halogens is 1. The average Bonchev–Trinajstić information content (AvgIpc) is 2.99. The molecule has 0 bridgehead atoms. The molecule has 0 unspecified atom stereocenters.